The molecular formula is C8H15ClO. The van der Waals surface area contributed by atoms with Gasteiger partial charge in [-0.05, 0) is 20.3 Å². The molecule has 0 aromatic heterocycles. The van der Waals surface area contributed by atoms with E-state index in [4.69, 9.17) is 16.3 Å². The minimum absolute atomic E-state index is 0.265. The van der Waals surface area contributed by atoms with Crippen molar-refractivity contribution in [3.8, 4) is 0 Å². The highest BCUT2D eigenvalue weighted by Crippen LogP contribution is 2.44. The molecule has 10 heavy (non-hydrogen) atoms. The highest BCUT2D eigenvalue weighted by molar-refractivity contribution is 6.18. The molecule has 60 valence electrons. The van der Waals surface area contributed by atoms with Crippen LogP contribution >= 0.6 is 11.6 Å². The summed E-state index contributed by atoms with van der Waals surface area (Å²) in [4.78, 5) is 0. The summed E-state index contributed by atoms with van der Waals surface area (Å²) >= 11 is 5.87. The number of halogens is 1. The van der Waals surface area contributed by atoms with Crippen LogP contribution in [0.15, 0.2) is 0 Å². The summed E-state index contributed by atoms with van der Waals surface area (Å²) in [5.74, 6) is 0.728. The monoisotopic (exact) mass is 162 g/mol. The molecule has 1 nitrogen and oxygen atoms in total. The lowest BCUT2D eigenvalue weighted by Gasteiger charge is -2.52. The number of hydrogen-bond donors (Lipinski definition) is 0. The molecule has 0 saturated carbocycles. The molecule has 0 aromatic carbocycles. The average Bonchev–Trinajstić information content (AvgIpc) is 1.91. The average molecular weight is 163 g/mol. The molecule has 0 aromatic rings. The summed E-state index contributed by atoms with van der Waals surface area (Å²) < 4.78 is 5.45. The van der Waals surface area contributed by atoms with Crippen LogP contribution in [0.2, 0.25) is 0 Å². The molecule has 0 N–H and O–H groups in total. The SMILES string of the molecule is CCC1(CCl)C(C)OC1C. The Hall–Kier alpha value is 0.250. The van der Waals surface area contributed by atoms with Crippen molar-refractivity contribution < 1.29 is 4.74 Å². The first kappa shape index (κ1) is 8.35. The van der Waals surface area contributed by atoms with Crippen molar-refractivity contribution in [2.45, 2.75) is 39.4 Å². The fourth-order valence-electron chi connectivity index (χ4n) is 1.72. The van der Waals surface area contributed by atoms with Crippen LogP contribution < -0.4 is 0 Å². The lowest BCUT2D eigenvalue weighted by atomic mass is 9.72. The third-order valence-corrected chi connectivity index (χ3v) is 3.43. The molecule has 2 heteroatoms. The van der Waals surface area contributed by atoms with Gasteiger partial charge in [-0.25, -0.2) is 0 Å². The van der Waals surface area contributed by atoms with Crippen molar-refractivity contribution in [3.05, 3.63) is 0 Å². The topological polar surface area (TPSA) is 9.23 Å². The van der Waals surface area contributed by atoms with Gasteiger partial charge in [0.15, 0.2) is 0 Å². The van der Waals surface area contributed by atoms with Crippen molar-refractivity contribution in [1.82, 2.24) is 0 Å². The number of hydrogen-bond acceptors (Lipinski definition) is 1. The van der Waals surface area contributed by atoms with Crippen LogP contribution in [-0.2, 0) is 4.74 Å². The molecule has 1 fully saturated rings. The van der Waals surface area contributed by atoms with E-state index in [1.165, 1.54) is 0 Å². The van der Waals surface area contributed by atoms with E-state index >= 15 is 0 Å². The molecule has 0 amide bonds. The highest BCUT2D eigenvalue weighted by Gasteiger charge is 2.49. The Balaban J connectivity index is 2.61. The van der Waals surface area contributed by atoms with E-state index in [9.17, 15) is 0 Å². The van der Waals surface area contributed by atoms with Crippen molar-refractivity contribution >= 4 is 11.6 Å². The first-order valence-corrected chi connectivity index (χ1v) is 4.42. The third-order valence-electron chi connectivity index (χ3n) is 2.93. The molecule has 2 unspecified atom stereocenters. The lowest BCUT2D eigenvalue weighted by molar-refractivity contribution is -0.224. The Bertz CT molecular complexity index is 110. The van der Waals surface area contributed by atoms with Gasteiger partial charge in [-0.2, -0.15) is 0 Å². The fraction of sp³-hybridized carbons (Fsp3) is 1.00. The normalized spacial score (nSPS) is 46.8. The molecule has 1 heterocycles. The largest absolute Gasteiger partial charge is 0.374 e. The van der Waals surface area contributed by atoms with E-state index in [0.717, 1.165) is 12.3 Å². The maximum absolute atomic E-state index is 5.87. The molecule has 0 spiro atoms. The third kappa shape index (κ3) is 0.876. The second-order valence-electron chi connectivity index (χ2n) is 3.14. The Kier molecular flexibility index (Phi) is 2.26. The lowest BCUT2D eigenvalue weighted by Crippen LogP contribution is -2.57. The van der Waals surface area contributed by atoms with Gasteiger partial charge in [-0.3, -0.25) is 0 Å². The van der Waals surface area contributed by atoms with Gasteiger partial charge in [0.25, 0.3) is 0 Å². The molecule has 2 atom stereocenters. The molecule has 1 aliphatic heterocycles. The van der Waals surface area contributed by atoms with E-state index in [2.05, 4.69) is 20.8 Å². The van der Waals surface area contributed by atoms with E-state index < -0.39 is 0 Å². The Morgan fingerprint density at radius 3 is 2.00 bits per heavy atom. The standard InChI is InChI=1S/C8H15ClO/c1-4-8(5-9)6(2)10-7(8)3/h6-7H,4-5H2,1-3H3. The minimum atomic E-state index is 0.265. The summed E-state index contributed by atoms with van der Waals surface area (Å²) in [7, 11) is 0. The predicted octanol–water partition coefficient (Wildman–Crippen LogP) is 2.43. The van der Waals surface area contributed by atoms with Crippen LogP contribution in [-0.4, -0.2) is 18.1 Å². The van der Waals surface area contributed by atoms with Crippen LogP contribution in [0.4, 0.5) is 0 Å². The fourth-order valence-corrected chi connectivity index (χ4v) is 2.35. The van der Waals surface area contributed by atoms with Gasteiger partial charge in [-0.1, -0.05) is 6.92 Å². The second kappa shape index (κ2) is 2.71. The molecule has 1 aliphatic rings. The quantitative estimate of drug-likeness (QED) is 0.567. The van der Waals surface area contributed by atoms with Gasteiger partial charge in [0.1, 0.15) is 0 Å². The van der Waals surface area contributed by atoms with Gasteiger partial charge < -0.3 is 4.74 Å². The van der Waals surface area contributed by atoms with Crippen LogP contribution in [0, 0.1) is 5.41 Å². The maximum atomic E-state index is 5.87. The Labute approximate surface area is 67.7 Å². The minimum Gasteiger partial charge on any atom is -0.374 e. The van der Waals surface area contributed by atoms with Crippen LogP contribution in [0.3, 0.4) is 0 Å². The van der Waals surface area contributed by atoms with E-state index in [1.807, 2.05) is 0 Å². The van der Waals surface area contributed by atoms with Crippen molar-refractivity contribution in [2.24, 2.45) is 5.41 Å². The van der Waals surface area contributed by atoms with E-state index in [1.54, 1.807) is 0 Å². The van der Waals surface area contributed by atoms with Gasteiger partial charge >= 0.3 is 0 Å². The Morgan fingerprint density at radius 2 is 1.90 bits per heavy atom. The first-order chi connectivity index (χ1) is 4.67. The van der Waals surface area contributed by atoms with Crippen LogP contribution in [0.5, 0.6) is 0 Å². The van der Waals surface area contributed by atoms with E-state index in [0.29, 0.717) is 12.2 Å². The molecule has 1 saturated heterocycles. The van der Waals surface area contributed by atoms with Gasteiger partial charge in [0.05, 0.1) is 12.2 Å². The van der Waals surface area contributed by atoms with Crippen LogP contribution in [0.1, 0.15) is 27.2 Å². The summed E-state index contributed by atoms with van der Waals surface area (Å²) in [5, 5.41) is 0. The van der Waals surface area contributed by atoms with Gasteiger partial charge in [0.2, 0.25) is 0 Å². The zero-order valence-corrected chi connectivity index (χ0v) is 7.61. The van der Waals surface area contributed by atoms with Crippen molar-refractivity contribution in [3.63, 3.8) is 0 Å². The Morgan fingerprint density at radius 1 is 1.40 bits per heavy atom. The number of rotatable bonds is 2. The molecule has 0 bridgehead atoms. The maximum Gasteiger partial charge on any atom is 0.0643 e. The summed E-state index contributed by atoms with van der Waals surface area (Å²) in [5.41, 5.74) is 0.265. The van der Waals surface area contributed by atoms with Crippen molar-refractivity contribution in [2.75, 3.05) is 5.88 Å². The molecule has 0 radical (unpaired) electrons. The zero-order chi connectivity index (χ0) is 7.78. The molecule has 0 aliphatic carbocycles. The van der Waals surface area contributed by atoms with E-state index in [-0.39, 0.29) is 5.41 Å². The smallest absolute Gasteiger partial charge is 0.0643 e. The number of ether oxygens (including phenoxy) is 1. The zero-order valence-electron chi connectivity index (χ0n) is 6.86. The number of alkyl halides is 1. The summed E-state index contributed by atoms with van der Waals surface area (Å²) in [6.07, 6.45) is 1.83. The first-order valence-electron chi connectivity index (χ1n) is 3.88. The van der Waals surface area contributed by atoms with Crippen LogP contribution in [0.25, 0.3) is 0 Å². The highest BCUT2D eigenvalue weighted by atomic mass is 35.5. The van der Waals surface area contributed by atoms with Gasteiger partial charge in [0, 0.05) is 11.3 Å². The molecular weight excluding hydrogens is 148 g/mol. The van der Waals surface area contributed by atoms with Gasteiger partial charge in [-0.15, -0.1) is 11.6 Å². The second-order valence-corrected chi connectivity index (χ2v) is 3.41. The summed E-state index contributed by atoms with van der Waals surface area (Å²) in [6, 6.07) is 0. The van der Waals surface area contributed by atoms with Crippen molar-refractivity contribution in [1.29, 1.82) is 0 Å². The summed E-state index contributed by atoms with van der Waals surface area (Å²) in [6.45, 7) is 6.38. The molecule has 1 rings (SSSR count). The predicted molar refractivity (Wildman–Crippen MR) is 43.5 cm³/mol.